The molecule has 0 aromatic heterocycles. The summed E-state index contributed by atoms with van der Waals surface area (Å²) in [6, 6.07) is 0. The summed E-state index contributed by atoms with van der Waals surface area (Å²) >= 11 is 0. The van der Waals surface area contributed by atoms with Crippen LogP contribution in [-0.2, 0) is 0 Å². The van der Waals surface area contributed by atoms with Gasteiger partial charge < -0.3 is 32.1 Å². The third-order valence-electron chi connectivity index (χ3n) is 1.51. The zero-order chi connectivity index (χ0) is 9.72. The van der Waals surface area contributed by atoms with E-state index in [-0.39, 0.29) is 31.0 Å². The van der Waals surface area contributed by atoms with Gasteiger partial charge in [0.2, 0.25) is 0 Å². The van der Waals surface area contributed by atoms with Crippen LogP contribution >= 0.6 is 0 Å². The standard InChI is InChI=1S/C6H14O6.Na.H/c7-1-3(9)5(11)6(12)4(10)2-8;;/h3-12H,1-2H2;;/q;+1;-1/t3-,4-,5-,6-;;/m1../s1. The zero-order valence-electron chi connectivity index (χ0n) is 8.41. The van der Waals surface area contributed by atoms with E-state index in [1.807, 2.05) is 0 Å². The molecule has 13 heavy (non-hydrogen) atoms. The predicted octanol–water partition coefficient (Wildman–Crippen LogP) is -6.47. The van der Waals surface area contributed by atoms with E-state index in [4.69, 9.17) is 30.6 Å². The Morgan fingerprint density at radius 3 is 1.15 bits per heavy atom. The molecule has 0 spiro atoms. The van der Waals surface area contributed by atoms with Gasteiger partial charge >= 0.3 is 29.6 Å². The second-order valence-corrected chi connectivity index (χ2v) is 2.48. The minimum atomic E-state index is -1.67. The molecule has 6 N–H and O–H groups in total. The number of aliphatic hydroxyl groups is 6. The Kier molecular flexibility index (Phi) is 10.1. The van der Waals surface area contributed by atoms with E-state index in [1.54, 1.807) is 0 Å². The van der Waals surface area contributed by atoms with Crippen LogP contribution < -0.4 is 29.6 Å². The smallest absolute Gasteiger partial charge is 1.00 e. The molecule has 0 radical (unpaired) electrons. The maximum absolute atomic E-state index is 8.96. The third kappa shape index (κ3) is 5.26. The van der Waals surface area contributed by atoms with E-state index in [0.29, 0.717) is 0 Å². The van der Waals surface area contributed by atoms with Crippen LogP contribution in [0.2, 0.25) is 0 Å². The molecule has 0 saturated heterocycles. The molecule has 0 bridgehead atoms. The Bertz CT molecular complexity index is 115. The van der Waals surface area contributed by atoms with Crippen molar-refractivity contribution in [3.8, 4) is 0 Å². The van der Waals surface area contributed by atoms with Crippen molar-refractivity contribution in [2.45, 2.75) is 24.4 Å². The molecule has 0 aliphatic heterocycles. The van der Waals surface area contributed by atoms with Crippen LogP contribution in [0.1, 0.15) is 1.43 Å². The number of hydrogen-bond donors (Lipinski definition) is 6. The van der Waals surface area contributed by atoms with Gasteiger partial charge in [-0.3, -0.25) is 0 Å². The molecule has 0 aliphatic carbocycles. The van der Waals surface area contributed by atoms with Crippen molar-refractivity contribution in [3.63, 3.8) is 0 Å². The van der Waals surface area contributed by atoms with E-state index in [1.165, 1.54) is 0 Å². The Morgan fingerprint density at radius 2 is 1.00 bits per heavy atom. The minimum Gasteiger partial charge on any atom is -1.00 e. The first kappa shape index (κ1) is 16.2. The molecular weight excluding hydrogens is 191 g/mol. The van der Waals surface area contributed by atoms with E-state index < -0.39 is 37.6 Å². The van der Waals surface area contributed by atoms with Crippen molar-refractivity contribution in [1.29, 1.82) is 0 Å². The average Bonchev–Trinajstić information content (AvgIpc) is 2.12. The SMILES string of the molecule is OC[C@@H](O)[C@@H](O)[C@H](O)[C@H](O)CO.[H-].[Na+]. The van der Waals surface area contributed by atoms with Crippen LogP contribution in [0.3, 0.4) is 0 Å². The zero-order valence-corrected chi connectivity index (χ0v) is 9.41. The largest absolute Gasteiger partial charge is 1.00 e. The first-order chi connectivity index (χ1) is 5.54. The van der Waals surface area contributed by atoms with Gasteiger partial charge in [-0.2, -0.15) is 0 Å². The van der Waals surface area contributed by atoms with E-state index >= 15 is 0 Å². The number of hydrogen-bond acceptors (Lipinski definition) is 6. The summed E-state index contributed by atoms with van der Waals surface area (Å²) in [6.45, 7) is -1.45. The van der Waals surface area contributed by atoms with Crippen molar-refractivity contribution in [2.75, 3.05) is 13.2 Å². The van der Waals surface area contributed by atoms with Gasteiger partial charge in [0.15, 0.2) is 0 Å². The molecule has 4 atom stereocenters. The second-order valence-electron chi connectivity index (χ2n) is 2.48. The Hall–Kier alpha value is 0.760. The van der Waals surface area contributed by atoms with Crippen LogP contribution in [0.4, 0.5) is 0 Å². The topological polar surface area (TPSA) is 121 Å². The normalized spacial score (nSPS) is 19.8. The molecule has 0 aliphatic rings. The van der Waals surface area contributed by atoms with Crippen LogP contribution in [-0.4, -0.2) is 68.3 Å². The number of aliphatic hydroxyl groups excluding tert-OH is 6. The fourth-order valence-corrected chi connectivity index (χ4v) is 0.671. The summed E-state index contributed by atoms with van der Waals surface area (Å²) in [5.41, 5.74) is 0. The summed E-state index contributed by atoms with van der Waals surface area (Å²) in [6.07, 6.45) is -6.39. The fourth-order valence-electron chi connectivity index (χ4n) is 0.671. The van der Waals surface area contributed by atoms with Gasteiger partial charge in [-0.05, 0) is 0 Å². The van der Waals surface area contributed by atoms with Gasteiger partial charge in [0, 0.05) is 0 Å². The average molecular weight is 206 g/mol. The van der Waals surface area contributed by atoms with Gasteiger partial charge in [-0.1, -0.05) is 0 Å². The maximum Gasteiger partial charge on any atom is 1.00 e. The molecule has 0 saturated carbocycles. The van der Waals surface area contributed by atoms with Crippen molar-refractivity contribution in [1.82, 2.24) is 0 Å². The molecule has 0 aromatic carbocycles. The van der Waals surface area contributed by atoms with Crippen LogP contribution in [0.25, 0.3) is 0 Å². The van der Waals surface area contributed by atoms with E-state index in [9.17, 15) is 0 Å². The van der Waals surface area contributed by atoms with Gasteiger partial charge in [0.1, 0.15) is 24.4 Å². The first-order valence-electron chi connectivity index (χ1n) is 3.48. The molecular formula is C6H15NaO6. The monoisotopic (exact) mass is 206 g/mol. The van der Waals surface area contributed by atoms with Gasteiger partial charge in [-0.25, -0.2) is 0 Å². The van der Waals surface area contributed by atoms with Gasteiger partial charge in [0.05, 0.1) is 13.2 Å². The molecule has 0 aromatic rings. The summed E-state index contributed by atoms with van der Waals surface area (Å²) in [4.78, 5) is 0. The molecule has 6 nitrogen and oxygen atoms in total. The summed E-state index contributed by atoms with van der Waals surface area (Å²) in [5, 5.41) is 52.2. The molecule has 0 unspecified atom stereocenters. The molecule has 0 heterocycles. The fraction of sp³-hybridized carbons (Fsp3) is 1.00. The van der Waals surface area contributed by atoms with Gasteiger partial charge in [-0.15, -0.1) is 0 Å². The maximum atomic E-state index is 8.96. The van der Waals surface area contributed by atoms with Crippen molar-refractivity contribution in [2.24, 2.45) is 0 Å². The summed E-state index contributed by atoms with van der Waals surface area (Å²) in [7, 11) is 0. The van der Waals surface area contributed by atoms with E-state index in [2.05, 4.69) is 0 Å². The molecule has 0 fully saturated rings. The second kappa shape index (κ2) is 8.10. The predicted molar refractivity (Wildman–Crippen MR) is 39.3 cm³/mol. The molecule has 76 valence electrons. The van der Waals surface area contributed by atoms with Crippen molar-refractivity contribution >= 4 is 0 Å². The Labute approximate surface area is 99.2 Å². The minimum absolute atomic E-state index is 0. The molecule has 0 rings (SSSR count). The molecule has 7 heteroatoms. The van der Waals surface area contributed by atoms with Crippen LogP contribution in [0.5, 0.6) is 0 Å². The van der Waals surface area contributed by atoms with Crippen LogP contribution in [0, 0.1) is 0 Å². The summed E-state index contributed by atoms with van der Waals surface area (Å²) in [5.74, 6) is 0. The van der Waals surface area contributed by atoms with Gasteiger partial charge in [0.25, 0.3) is 0 Å². The van der Waals surface area contributed by atoms with Crippen LogP contribution in [0.15, 0.2) is 0 Å². The number of rotatable bonds is 5. The Balaban J connectivity index is -0.000000605. The first-order valence-corrected chi connectivity index (χ1v) is 3.48. The third-order valence-corrected chi connectivity index (χ3v) is 1.51. The van der Waals surface area contributed by atoms with E-state index in [0.717, 1.165) is 0 Å². The van der Waals surface area contributed by atoms with Crippen molar-refractivity contribution < 1.29 is 61.6 Å². The molecule has 0 amide bonds. The summed E-state index contributed by atoms with van der Waals surface area (Å²) < 4.78 is 0. The van der Waals surface area contributed by atoms with Crippen molar-refractivity contribution in [3.05, 3.63) is 0 Å². The quantitative estimate of drug-likeness (QED) is 0.249. The Morgan fingerprint density at radius 1 is 0.769 bits per heavy atom.